The molecule has 1 aliphatic heterocycles. The van der Waals surface area contributed by atoms with Gasteiger partial charge in [-0.3, -0.25) is 14.5 Å². The molecule has 1 saturated heterocycles. The molecule has 0 aliphatic carbocycles. The molecule has 3 heterocycles. The predicted molar refractivity (Wildman–Crippen MR) is 155 cm³/mol. The Bertz CT molecular complexity index is 1630. The van der Waals surface area contributed by atoms with Gasteiger partial charge in [-0.05, 0) is 69.1 Å². The fourth-order valence-corrected chi connectivity index (χ4v) is 5.17. The van der Waals surface area contributed by atoms with Crippen molar-refractivity contribution >= 4 is 23.3 Å². The number of anilines is 1. The number of imidazole rings is 1. The number of benzene rings is 2. The average molecular weight is 613 g/mol. The van der Waals surface area contributed by atoms with Gasteiger partial charge in [0.2, 0.25) is 5.91 Å². The third-order valence-electron chi connectivity index (χ3n) is 7.69. The van der Waals surface area contributed by atoms with Crippen molar-refractivity contribution in [3.8, 4) is 11.3 Å². The van der Waals surface area contributed by atoms with Gasteiger partial charge in [0, 0.05) is 12.1 Å². The molecule has 0 bridgehead atoms. The maximum Gasteiger partial charge on any atom is 0.391 e. The van der Waals surface area contributed by atoms with Crippen LogP contribution in [0.15, 0.2) is 60.8 Å². The van der Waals surface area contributed by atoms with Gasteiger partial charge in [-0.25, -0.2) is 13.9 Å². The SMILES string of the molecule is Cc1ccc(C(O)CCNC(=O)c2cccc(-c3ccc4nc(NC(=O)CN5CCC(C(F)(F)F)CC5)cn4n3)c2F)cc1. The van der Waals surface area contributed by atoms with Gasteiger partial charge in [-0.2, -0.15) is 18.3 Å². The number of fused-ring (bicyclic) bond motifs is 1. The van der Waals surface area contributed by atoms with Crippen molar-refractivity contribution in [2.45, 2.75) is 38.5 Å². The maximum absolute atomic E-state index is 15.5. The summed E-state index contributed by atoms with van der Waals surface area (Å²) in [6.07, 6.45) is -3.39. The fourth-order valence-electron chi connectivity index (χ4n) is 5.17. The van der Waals surface area contributed by atoms with E-state index < -0.39 is 35.8 Å². The second kappa shape index (κ2) is 13.1. The summed E-state index contributed by atoms with van der Waals surface area (Å²) in [7, 11) is 0. The van der Waals surface area contributed by atoms with Crippen molar-refractivity contribution in [3.05, 3.63) is 83.3 Å². The number of nitrogens with one attached hydrogen (secondary N) is 2. The molecule has 2 aromatic heterocycles. The third-order valence-corrected chi connectivity index (χ3v) is 7.69. The molecule has 1 atom stereocenters. The van der Waals surface area contributed by atoms with Gasteiger partial charge in [0.1, 0.15) is 5.82 Å². The van der Waals surface area contributed by atoms with Crippen LogP contribution in [0.4, 0.5) is 23.4 Å². The van der Waals surface area contributed by atoms with E-state index in [9.17, 15) is 27.9 Å². The molecule has 3 N–H and O–H groups in total. The van der Waals surface area contributed by atoms with Crippen LogP contribution in [0.25, 0.3) is 16.9 Å². The van der Waals surface area contributed by atoms with Crippen molar-refractivity contribution in [2.24, 2.45) is 5.92 Å². The van der Waals surface area contributed by atoms with Crippen LogP contribution < -0.4 is 10.6 Å². The van der Waals surface area contributed by atoms with Gasteiger partial charge in [0.05, 0.1) is 36.0 Å². The van der Waals surface area contributed by atoms with Crippen LogP contribution >= 0.6 is 0 Å². The summed E-state index contributed by atoms with van der Waals surface area (Å²) < 4.78 is 55.5. The standard InChI is InChI=1S/C31H32F4N6O3/c1-19-5-7-20(8-6-19)25(42)11-14-36-30(44)23-4-2-3-22(29(23)32)24-9-10-27-37-26(17-41(27)39-24)38-28(43)18-40-15-12-21(13-16-40)31(33,34)35/h2-10,17,21,25,42H,11-16,18H2,1H3,(H,36,44)(H,38,43). The van der Waals surface area contributed by atoms with Crippen LogP contribution in [0.5, 0.6) is 0 Å². The molecule has 0 spiro atoms. The Morgan fingerprint density at radius 1 is 1.07 bits per heavy atom. The normalized spacial score (nSPS) is 15.3. The summed E-state index contributed by atoms with van der Waals surface area (Å²) in [4.78, 5) is 31.3. The quantitative estimate of drug-likeness (QED) is 0.232. The Morgan fingerprint density at radius 2 is 1.80 bits per heavy atom. The van der Waals surface area contributed by atoms with Crippen molar-refractivity contribution in [3.63, 3.8) is 0 Å². The molecule has 1 fully saturated rings. The lowest BCUT2D eigenvalue weighted by atomic mass is 9.96. The number of rotatable bonds is 9. The van der Waals surface area contributed by atoms with Crippen molar-refractivity contribution in [1.82, 2.24) is 24.8 Å². The van der Waals surface area contributed by atoms with Gasteiger partial charge >= 0.3 is 6.18 Å². The van der Waals surface area contributed by atoms with E-state index in [1.165, 1.54) is 35.0 Å². The molecule has 13 heteroatoms. The van der Waals surface area contributed by atoms with E-state index in [4.69, 9.17) is 0 Å². The molecule has 2 aromatic carbocycles. The highest BCUT2D eigenvalue weighted by atomic mass is 19.4. The number of nitrogens with zero attached hydrogens (tertiary/aromatic N) is 4. The number of aliphatic hydroxyl groups excluding tert-OH is 1. The minimum Gasteiger partial charge on any atom is -0.388 e. The first-order valence-electron chi connectivity index (χ1n) is 14.2. The van der Waals surface area contributed by atoms with E-state index >= 15 is 4.39 Å². The van der Waals surface area contributed by atoms with Gasteiger partial charge in [0.25, 0.3) is 5.91 Å². The summed E-state index contributed by atoms with van der Waals surface area (Å²) in [5, 5.41) is 20.1. The monoisotopic (exact) mass is 612 g/mol. The lowest BCUT2D eigenvalue weighted by Gasteiger charge is -2.32. The summed E-state index contributed by atoms with van der Waals surface area (Å²) in [5.74, 6) is -2.97. The van der Waals surface area contributed by atoms with Gasteiger partial charge < -0.3 is 15.7 Å². The average Bonchev–Trinajstić information content (AvgIpc) is 3.38. The number of carbonyl (C=O) groups is 2. The molecule has 0 radical (unpaired) electrons. The first-order chi connectivity index (χ1) is 21.0. The third kappa shape index (κ3) is 7.40. The number of likely N-dealkylation sites (tertiary alicyclic amines) is 1. The van der Waals surface area contributed by atoms with Crippen LogP contribution in [0.2, 0.25) is 0 Å². The minimum atomic E-state index is -4.22. The molecule has 2 amide bonds. The van der Waals surface area contributed by atoms with Crippen LogP contribution in [-0.4, -0.2) is 68.8 Å². The zero-order valence-corrected chi connectivity index (χ0v) is 23.9. The molecule has 5 rings (SSSR count). The lowest BCUT2D eigenvalue weighted by Crippen LogP contribution is -2.42. The molecule has 44 heavy (non-hydrogen) atoms. The number of amides is 2. The Balaban J connectivity index is 1.19. The summed E-state index contributed by atoms with van der Waals surface area (Å²) in [5.41, 5.74) is 2.30. The van der Waals surface area contributed by atoms with E-state index in [2.05, 4.69) is 20.7 Å². The number of aliphatic hydroxyl groups is 1. The minimum absolute atomic E-state index is 0.0472. The molecule has 1 unspecified atom stereocenters. The van der Waals surface area contributed by atoms with Crippen molar-refractivity contribution in [2.75, 3.05) is 31.5 Å². The smallest absolute Gasteiger partial charge is 0.388 e. The van der Waals surface area contributed by atoms with E-state index in [0.29, 0.717) is 5.65 Å². The Kier molecular flexibility index (Phi) is 9.25. The maximum atomic E-state index is 15.5. The Hall–Kier alpha value is -4.36. The van der Waals surface area contributed by atoms with E-state index in [0.717, 1.165) is 11.1 Å². The number of carbonyl (C=O) groups excluding carboxylic acids is 2. The van der Waals surface area contributed by atoms with E-state index in [1.807, 2.05) is 31.2 Å². The molecular weight excluding hydrogens is 580 g/mol. The van der Waals surface area contributed by atoms with E-state index in [1.54, 1.807) is 11.0 Å². The van der Waals surface area contributed by atoms with Crippen LogP contribution in [0, 0.1) is 18.7 Å². The summed E-state index contributed by atoms with van der Waals surface area (Å²) in [6.45, 7) is 2.36. The summed E-state index contributed by atoms with van der Waals surface area (Å²) >= 11 is 0. The topological polar surface area (TPSA) is 112 Å². The molecule has 9 nitrogen and oxygen atoms in total. The Morgan fingerprint density at radius 3 is 2.50 bits per heavy atom. The molecule has 1 aliphatic rings. The molecule has 0 saturated carbocycles. The Labute approximate surface area is 250 Å². The fraction of sp³-hybridized carbons (Fsp3) is 0.355. The number of piperidine rings is 1. The number of halogens is 4. The van der Waals surface area contributed by atoms with Crippen LogP contribution in [0.3, 0.4) is 0 Å². The second-order valence-electron chi connectivity index (χ2n) is 10.9. The molecule has 232 valence electrons. The second-order valence-corrected chi connectivity index (χ2v) is 10.9. The molecule has 4 aromatic rings. The lowest BCUT2D eigenvalue weighted by molar-refractivity contribution is -0.184. The number of alkyl halides is 3. The number of aryl methyl sites for hydroxylation is 1. The van der Waals surface area contributed by atoms with Gasteiger partial charge in [-0.1, -0.05) is 35.9 Å². The highest BCUT2D eigenvalue weighted by molar-refractivity contribution is 5.95. The summed E-state index contributed by atoms with van der Waals surface area (Å²) in [6, 6.07) is 14.9. The number of hydrogen-bond donors (Lipinski definition) is 3. The zero-order valence-electron chi connectivity index (χ0n) is 23.9. The van der Waals surface area contributed by atoms with Crippen molar-refractivity contribution in [1.29, 1.82) is 0 Å². The predicted octanol–water partition coefficient (Wildman–Crippen LogP) is 4.91. The van der Waals surface area contributed by atoms with Gasteiger partial charge in [-0.15, -0.1) is 0 Å². The van der Waals surface area contributed by atoms with Gasteiger partial charge in [0.15, 0.2) is 11.5 Å². The first kappa shape index (κ1) is 31.1. The number of hydrogen-bond acceptors (Lipinski definition) is 6. The first-order valence-corrected chi connectivity index (χ1v) is 14.2. The zero-order chi connectivity index (χ0) is 31.4. The van der Waals surface area contributed by atoms with Crippen LogP contribution in [-0.2, 0) is 4.79 Å². The largest absolute Gasteiger partial charge is 0.391 e. The van der Waals surface area contributed by atoms with E-state index in [-0.39, 0.29) is 68.1 Å². The molecular formula is C31H32F4N6O3. The van der Waals surface area contributed by atoms with Crippen molar-refractivity contribution < 1.29 is 32.3 Å². The highest BCUT2D eigenvalue weighted by Gasteiger charge is 2.41. The van der Waals surface area contributed by atoms with Crippen LogP contribution in [0.1, 0.15) is 46.9 Å². The number of aromatic nitrogens is 3. The highest BCUT2D eigenvalue weighted by Crippen LogP contribution is 2.34.